The van der Waals surface area contributed by atoms with Crippen molar-refractivity contribution in [3.05, 3.63) is 24.0 Å². The summed E-state index contributed by atoms with van der Waals surface area (Å²) in [5.74, 6) is 0.0112. The predicted molar refractivity (Wildman–Crippen MR) is 73.4 cm³/mol. The number of oxime groups is 1. The molecule has 1 saturated carbocycles. The van der Waals surface area contributed by atoms with Gasteiger partial charge in [-0.2, -0.15) is 0 Å². The summed E-state index contributed by atoms with van der Waals surface area (Å²) in [4.78, 5) is 6.48. The molecule has 6 heteroatoms. The minimum Gasteiger partial charge on any atom is -0.409 e. The molecule has 1 aliphatic rings. The van der Waals surface area contributed by atoms with E-state index in [1.54, 1.807) is 12.3 Å². The van der Waals surface area contributed by atoms with E-state index in [0.717, 1.165) is 18.7 Å². The standard InChI is InChI=1S/C13H20N4O2/c14-13(16-19)12-6-5-11(9-15-12)17(7-2-8-18)10-3-1-4-10/h5-6,9-10,18-19H,1-4,7-8H2,(H2,14,16). The monoisotopic (exact) mass is 264 g/mol. The lowest BCUT2D eigenvalue weighted by molar-refractivity contribution is 0.283. The molecule has 1 aromatic heterocycles. The van der Waals surface area contributed by atoms with Crippen molar-refractivity contribution in [1.82, 2.24) is 4.98 Å². The maximum absolute atomic E-state index is 8.98. The van der Waals surface area contributed by atoms with Gasteiger partial charge in [0.1, 0.15) is 5.69 Å². The number of aliphatic hydroxyl groups excluding tert-OH is 1. The Hall–Kier alpha value is -1.82. The van der Waals surface area contributed by atoms with Crippen molar-refractivity contribution in [3.8, 4) is 0 Å². The van der Waals surface area contributed by atoms with Crippen LogP contribution in [0.2, 0.25) is 0 Å². The van der Waals surface area contributed by atoms with Crippen LogP contribution in [0.15, 0.2) is 23.5 Å². The van der Waals surface area contributed by atoms with Gasteiger partial charge < -0.3 is 20.9 Å². The molecular formula is C13H20N4O2. The van der Waals surface area contributed by atoms with Gasteiger partial charge in [0.15, 0.2) is 5.84 Å². The third-order valence-corrected chi connectivity index (χ3v) is 3.52. The zero-order valence-corrected chi connectivity index (χ0v) is 10.9. The molecule has 2 rings (SSSR count). The molecule has 0 unspecified atom stereocenters. The third-order valence-electron chi connectivity index (χ3n) is 3.52. The van der Waals surface area contributed by atoms with Gasteiger partial charge >= 0.3 is 0 Å². The van der Waals surface area contributed by atoms with Gasteiger partial charge in [0.2, 0.25) is 0 Å². The maximum atomic E-state index is 8.98. The summed E-state index contributed by atoms with van der Waals surface area (Å²) in [6.45, 7) is 1.02. The normalized spacial score (nSPS) is 16.2. The maximum Gasteiger partial charge on any atom is 0.188 e. The molecule has 0 amide bonds. The van der Waals surface area contributed by atoms with E-state index in [0.29, 0.717) is 11.7 Å². The second-order valence-electron chi connectivity index (χ2n) is 4.74. The topological polar surface area (TPSA) is 95.0 Å². The van der Waals surface area contributed by atoms with Crippen molar-refractivity contribution in [2.75, 3.05) is 18.1 Å². The van der Waals surface area contributed by atoms with Crippen LogP contribution in [-0.2, 0) is 0 Å². The first-order valence-corrected chi connectivity index (χ1v) is 6.57. The van der Waals surface area contributed by atoms with E-state index in [-0.39, 0.29) is 12.4 Å². The number of pyridine rings is 1. The van der Waals surface area contributed by atoms with Crippen molar-refractivity contribution < 1.29 is 10.3 Å². The van der Waals surface area contributed by atoms with Crippen LogP contribution in [0.1, 0.15) is 31.4 Å². The molecule has 6 nitrogen and oxygen atoms in total. The molecule has 0 atom stereocenters. The molecule has 19 heavy (non-hydrogen) atoms. The third kappa shape index (κ3) is 3.14. The molecule has 0 bridgehead atoms. The molecule has 0 spiro atoms. The van der Waals surface area contributed by atoms with E-state index in [1.165, 1.54) is 19.3 Å². The average Bonchev–Trinajstić information content (AvgIpc) is 2.40. The number of nitrogens with two attached hydrogens (primary N) is 1. The number of aromatic nitrogens is 1. The fraction of sp³-hybridized carbons (Fsp3) is 0.538. The summed E-state index contributed by atoms with van der Waals surface area (Å²) in [7, 11) is 0. The Morgan fingerprint density at radius 2 is 2.26 bits per heavy atom. The van der Waals surface area contributed by atoms with E-state index >= 15 is 0 Å². The second kappa shape index (κ2) is 6.38. The van der Waals surface area contributed by atoms with Gasteiger partial charge in [-0.25, -0.2) is 0 Å². The zero-order valence-electron chi connectivity index (χ0n) is 10.9. The van der Waals surface area contributed by atoms with Crippen molar-refractivity contribution >= 4 is 11.5 Å². The molecule has 1 aromatic rings. The Labute approximate surface area is 112 Å². The van der Waals surface area contributed by atoms with Crippen LogP contribution in [0.25, 0.3) is 0 Å². The van der Waals surface area contributed by atoms with Crippen LogP contribution in [0.4, 0.5) is 5.69 Å². The molecule has 0 radical (unpaired) electrons. The number of anilines is 1. The summed E-state index contributed by atoms with van der Waals surface area (Å²) >= 11 is 0. The molecule has 1 fully saturated rings. The van der Waals surface area contributed by atoms with E-state index in [2.05, 4.69) is 15.0 Å². The predicted octanol–water partition coefficient (Wildman–Crippen LogP) is 0.917. The van der Waals surface area contributed by atoms with Gasteiger partial charge in [-0.3, -0.25) is 4.98 Å². The molecule has 1 heterocycles. The van der Waals surface area contributed by atoms with Crippen molar-refractivity contribution in [2.45, 2.75) is 31.7 Å². The van der Waals surface area contributed by atoms with Gasteiger partial charge in [-0.1, -0.05) is 5.16 Å². The molecular weight excluding hydrogens is 244 g/mol. The Balaban J connectivity index is 2.12. The minimum atomic E-state index is 0.0112. The molecule has 1 aliphatic carbocycles. The van der Waals surface area contributed by atoms with Crippen LogP contribution in [0.3, 0.4) is 0 Å². The zero-order chi connectivity index (χ0) is 13.7. The van der Waals surface area contributed by atoms with Crippen molar-refractivity contribution in [3.63, 3.8) is 0 Å². The summed E-state index contributed by atoms with van der Waals surface area (Å²) in [5, 5.41) is 20.5. The lowest BCUT2D eigenvalue weighted by Crippen LogP contribution is -2.41. The number of hydrogen-bond donors (Lipinski definition) is 3. The highest BCUT2D eigenvalue weighted by Crippen LogP contribution is 2.29. The van der Waals surface area contributed by atoms with Gasteiger partial charge in [-0.05, 0) is 37.8 Å². The Morgan fingerprint density at radius 1 is 1.47 bits per heavy atom. The fourth-order valence-electron chi connectivity index (χ4n) is 2.22. The lowest BCUT2D eigenvalue weighted by Gasteiger charge is -2.39. The van der Waals surface area contributed by atoms with Crippen LogP contribution >= 0.6 is 0 Å². The Bertz CT molecular complexity index is 429. The highest BCUT2D eigenvalue weighted by Gasteiger charge is 2.25. The molecule has 0 aliphatic heterocycles. The minimum absolute atomic E-state index is 0.0112. The Kier molecular flexibility index (Phi) is 4.57. The SMILES string of the molecule is N/C(=N/O)c1ccc(N(CCCO)C2CCC2)cn1. The van der Waals surface area contributed by atoms with Crippen LogP contribution < -0.4 is 10.6 Å². The highest BCUT2D eigenvalue weighted by molar-refractivity contribution is 5.95. The summed E-state index contributed by atoms with van der Waals surface area (Å²) in [6.07, 6.45) is 6.12. The van der Waals surface area contributed by atoms with Crippen LogP contribution in [-0.4, -0.2) is 40.3 Å². The lowest BCUT2D eigenvalue weighted by atomic mass is 9.91. The van der Waals surface area contributed by atoms with E-state index in [9.17, 15) is 0 Å². The number of rotatable bonds is 6. The van der Waals surface area contributed by atoms with Crippen LogP contribution in [0.5, 0.6) is 0 Å². The van der Waals surface area contributed by atoms with E-state index < -0.39 is 0 Å². The fourth-order valence-corrected chi connectivity index (χ4v) is 2.22. The van der Waals surface area contributed by atoms with E-state index in [4.69, 9.17) is 16.0 Å². The molecule has 4 N–H and O–H groups in total. The average molecular weight is 264 g/mol. The van der Waals surface area contributed by atoms with E-state index in [1.807, 2.05) is 6.07 Å². The Morgan fingerprint density at radius 3 is 2.74 bits per heavy atom. The van der Waals surface area contributed by atoms with Crippen molar-refractivity contribution in [2.24, 2.45) is 10.9 Å². The number of amidine groups is 1. The van der Waals surface area contributed by atoms with Gasteiger partial charge in [0.25, 0.3) is 0 Å². The second-order valence-corrected chi connectivity index (χ2v) is 4.74. The quantitative estimate of drug-likeness (QED) is 0.307. The summed E-state index contributed by atoms with van der Waals surface area (Å²) in [6, 6.07) is 4.22. The summed E-state index contributed by atoms with van der Waals surface area (Å²) in [5.41, 5.74) is 6.97. The first-order valence-electron chi connectivity index (χ1n) is 6.57. The number of hydrogen-bond acceptors (Lipinski definition) is 5. The highest BCUT2D eigenvalue weighted by atomic mass is 16.4. The first-order chi connectivity index (χ1) is 9.26. The molecule has 0 aromatic carbocycles. The van der Waals surface area contributed by atoms with Crippen LogP contribution in [0, 0.1) is 0 Å². The number of nitrogens with zero attached hydrogens (tertiary/aromatic N) is 3. The van der Waals surface area contributed by atoms with Gasteiger partial charge in [0.05, 0.1) is 11.9 Å². The van der Waals surface area contributed by atoms with Crippen molar-refractivity contribution in [1.29, 1.82) is 0 Å². The molecule has 0 saturated heterocycles. The molecule has 104 valence electrons. The first kappa shape index (κ1) is 13.6. The van der Waals surface area contributed by atoms with Gasteiger partial charge in [-0.15, -0.1) is 0 Å². The largest absolute Gasteiger partial charge is 0.409 e. The summed E-state index contributed by atoms with van der Waals surface area (Å²) < 4.78 is 0. The smallest absolute Gasteiger partial charge is 0.188 e. The number of aliphatic hydroxyl groups is 1. The van der Waals surface area contributed by atoms with Gasteiger partial charge in [0, 0.05) is 19.2 Å².